The molecule has 3 aromatic heterocycles. The number of aromatic nitrogens is 3. The van der Waals surface area contributed by atoms with Crippen LogP contribution in [0.5, 0.6) is 0 Å². The predicted molar refractivity (Wildman–Crippen MR) is 91.5 cm³/mol. The molecule has 0 spiro atoms. The van der Waals surface area contributed by atoms with Crippen molar-refractivity contribution >= 4 is 21.4 Å². The highest BCUT2D eigenvalue weighted by Gasteiger charge is 2.31. The summed E-state index contributed by atoms with van der Waals surface area (Å²) in [5, 5.41) is 13.6. The van der Waals surface area contributed by atoms with E-state index in [4.69, 9.17) is 8.94 Å². The molecule has 0 saturated heterocycles. The molecule has 0 radical (unpaired) electrons. The highest BCUT2D eigenvalue weighted by atomic mass is 32.2. The molecular formula is C15H18N4O4S2. The van der Waals surface area contributed by atoms with Crippen LogP contribution in [-0.2, 0) is 16.6 Å². The van der Waals surface area contributed by atoms with Crippen molar-refractivity contribution in [2.45, 2.75) is 38.6 Å². The van der Waals surface area contributed by atoms with Crippen molar-refractivity contribution in [2.24, 2.45) is 0 Å². The van der Waals surface area contributed by atoms with Crippen molar-refractivity contribution in [3.63, 3.8) is 0 Å². The Bertz CT molecular complexity index is 925. The first-order valence-electron chi connectivity index (χ1n) is 7.72. The predicted octanol–water partition coefficient (Wildman–Crippen LogP) is 3.00. The highest BCUT2D eigenvalue weighted by molar-refractivity contribution is 7.89. The van der Waals surface area contributed by atoms with Gasteiger partial charge in [0.25, 0.3) is 5.89 Å². The third-order valence-electron chi connectivity index (χ3n) is 3.55. The van der Waals surface area contributed by atoms with Gasteiger partial charge in [-0.3, -0.25) is 0 Å². The van der Waals surface area contributed by atoms with E-state index in [0.29, 0.717) is 24.6 Å². The van der Waals surface area contributed by atoms with Crippen LogP contribution in [-0.4, -0.2) is 34.6 Å². The fraction of sp³-hybridized carbons (Fsp3) is 0.400. The molecule has 0 amide bonds. The van der Waals surface area contributed by atoms with Gasteiger partial charge in [0.15, 0.2) is 5.76 Å². The lowest BCUT2D eigenvalue weighted by Gasteiger charge is -2.19. The number of rotatable bonds is 7. The van der Waals surface area contributed by atoms with Crippen LogP contribution < -0.4 is 0 Å². The van der Waals surface area contributed by atoms with Crippen molar-refractivity contribution in [1.82, 2.24) is 19.7 Å². The number of aryl methyl sites for hydroxylation is 2. The van der Waals surface area contributed by atoms with Crippen LogP contribution in [0.3, 0.4) is 0 Å². The summed E-state index contributed by atoms with van der Waals surface area (Å²) in [5.41, 5.74) is 0.336. The number of hydrogen-bond donors (Lipinski definition) is 0. The highest BCUT2D eigenvalue weighted by Crippen LogP contribution is 2.26. The topological polar surface area (TPSA) is 102 Å². The van der Waals surface area contributed by atoms with Gasteiger partial charge in [0.2, 0.25) is 15.9 Å². The first-order valence-corrected chi connectivity index (χ1v) is 10.0. The lowest BCUT2D eigenvalue weighted by molar-refractivity contribution is 0.355. The second kappa shape index (κ2) is 7.06. The molecular weight excluding hydrogens is 364 g/mol. The van der Waals surface area contributed by atoms with Crippen molar-refractivity contribution in [2.75, 3.05) is 6.54 Å². The molecule has 8 nitrogen and oxygen atoms in total. The first-order chi connectivity index (χ1) is 11.9. The molecule has 0 unspecified atom stereocenters. The number of hydrogen-bond acceptors (Lipinski definition) is 8. The standard InChI is InChI=1S/C15H18N4O4S2/c1-4-7-19(25(20,21)14-10(2)18-23-11(14)3)9-13-16-17-15(22-13)12-6-5-8-24-12/h5-6,8H,4,7,9H2,1-3H3. The Morgan fingerprint density at radius 2 is 2.08 bits per heavy atom. The Morgan fingerprint density at radius 3 is 2.68 bits per heavy atom. The van der Waals surface area contributed by atoms with E-state index in [2.05, 4.69) is 15.4 Å². The molecule has 0 aliphatic heterocycles. The number of thiophene rings is 1. The summed E-state index contributed by atoms with van der Waals surface area (Å²) in [6, 6.07) is 3.75. The first kappa shape index (κ1) is 17.8. The van der Waals surface area contributed by atoms with Gasteiger partial charge in [-0.2, -0.15) is 4.31 Å². The van der Waals surface area contributed by atoms with Gasteiger partial charge in [0.1, 0.15) is 10.6 Å². The third-order valence-corrected chi connectivity index (χ3v) is 6.50. The minimum Gasteiger partial charge on any atom is -0.418 e. The number of nitrogens with zero attached hydrogens (tertiary/aromatic N) is 4. The normalized spacial score (nSPS) is 12.2. The molecule has 0 atom stereocenters. The molecule has 134 valence electrons. The average Bonchev–Trinajstić information content (AvgIpc) is 3.28. The maximum Gasteiger partial charge on any atom is 0.257 e. The van der Waals surface area contributed by atoms with Crippen molar-refractivity contribution in [3.8, 4) is 10.8 Å². The molecule has 0 fully saturated rings. The largest absolute Gasteiger partial charge is 0.418 e. The molecule has 0 saturated carbocycles. The van der Waals surface area contributed by atoms with Gasteiger partial charge in [-0.25, -0.2) is 8.42 Å². The van der Waals surface area contributed by atoms with E-state index in [-0.39, 0.29) is 23.1 Å². The van der Waals surface area contributed by atoms with Gasteiger partial charge in [0, 0.05) is 6.54 Å². The second-order valence-electron chi connectivity index (χ2n) is 5.47. The van der Waals surface area contributed by atoms with Gasteiger partial charge in [-0.05, 0) is 31.7 Å². The van der Waals surface area contributed by atoms with E-state index in [9.17, 15) is 8.42 Å². The van der Waals surface area contributed by atoms with Gasteiger partial charge in [-0.15, -0.1) is 21.5 Å². The molecule has 10 heteroatoms. The second-order valence-corrected chi connectivity index (χ2v) is 8.29. The molecule has 0 bridgehead atoms. The van der Waals surface area contributed by atoms with E-state index < -0.39 is 10.0 Å². The Balaban J connectivity index is 1.89. The maximum atomic E-state index is 13.0. The minimum absolute atomic E-state index is 0.00138. The molecule has 0 N–H and O–H groups in total. The molecule has 25 heavy (non-hydrogen) atoms. The monoisotopic (exact) mass is 382 g/mol. The van der Waals surface area contributed by atoms with Gasteiger partial charge in [-0.1, -0.05) is 18.1 Å². The van der Waals surface area contributed by atoms with Crippen LogP contribution in [0.1, 0.15) is 30.7 Å². The van der Waals surface area contributed by atoms with Gasteiger partial charge < -0.3 is 8.94 Å². The van der Waals surface area contributed by atoms with Gasteiger partial charge in [0.05, 0.1) is 11.4 Å². The van der Waals surface area contributed by atoms with E-state index >= 15 is 0 Å². The Labute approximate surface area is 149 Å². The smallest absolute Gasteiger partial charge is 0.257 e. The Kier molecular flexibility index (Phi) is 5.02. The third kappa shape index (κ3) is 3.51. The molecule has 3 rings (SSSR count). The zero-order chi connectivity index (χ0) is 18.0. The lowest BCUT2D eigenvalue weighted by atomic mass is 10.4. The van der Waals surface area contributed by atoms with Crippen molar-refractivity contribution < 1.29 is 17.4 Å². The summed E-state index contributed by atoms with van der Waals surface area (Å²) in [6.07, 6.45) is 0.647. The van der Waals surface area contributed by atoms with Crippen LogP contribution in [0.2, 0.25) is 0 Å². The van der Waals surface area contributed by atoms with Crippen LogP contribution in [0, 0.1) is 13.8 Å². The average molecular weight is 382 g/mol. The molecule has 0 aliphatic carbocycles. The van der Waals surface area contributed by atoms with E-state index in [1.165, 1.54) is 15.6 Å². The summed E-state index contributed by atoms with van der Waals surface area (Å²) in [4.78, 5) is 0.938. The summed E-state index contributed by atoms with van der Waals surface area (Å²) in [6.45, 7) is 5.41. The number of sulfonamides is 1. The zero-order valence-electron chi connectivity index (χ0n) is 14.1. The summed E-state index contributed by atoms with van der Waals surface area (Å²) < 4.78 is 37.9. The van der Waals surface area contributed by atoms with Crippen molar-refractivity contribution in [3.05, 3.63) is 34.9 Å². The minimum atomic E-state index is -3.77. The summed E-state index contributed by atoms with van der Waals surface area (Å²) in [7, 11) is -3.77. The van der Waals surface area contributed by atoms with Crippen molar-refractivity contribution in [1.29, 1.82) is 0 Å². The molecule has 0 aromatic carbocycles. The van der Waals surface area contributed by atoms with Crippen LogP contribution >= 0.6 is 11.3 Å². The lowest BCUT2D eigenvalue weighted by Crippen LogP contribution is -2.32. The van der Waals surface area contributed by atoms with Crippen LogP contribution in [0.4, 0.5) is 0 Å². The maximum absolute atomic E-state index is 13.0. The molecule has 3 aromatic rings. The summed E-state index contributed by atoms with van der Waals surface area (Å²) in [5.74, 6) is 0.895. The Morgan fingerprint density at radius 1 is 1.28 bits per heavy atom. The zero-order valence-corrected chi connectivity index (χ0v) is 15.7. The quantitative estimate of drug-likeness (QED) is 0.619. The fourth-order valence-corrected chi connectivity index (χ4v) is 4.89. The van der Waals surface area contributed by atoms with E-state index in [1.54, 1.807) is 13.8 Å². The molecule has 3 heterocycles. The molecule has 0 aliphatic rings. The van der Waals surface area contributed by atoms with Gasteiger partial charge >= 0.3 is 0 Å². The summed E-state index contributed by atoms with van der Waals surface area (Å²) >= 11 is 1.48. The van der Waals surface area contributed by atoms with E-state index in [1.807, 2.05) is 24.4 Å². The van der Waals surface area contributed by atoms with Crippen LogP contribution in [0.15, 0.2) is 31.3 Å². The fourth-order valence-electron chi connectivity index (χ4n) is 2.47. The Hall–Kier alpha value is -2.04. The van der Waals surface area contributed by atoms with Crippen LogP contribution in [0.25, 0.3) is 10.8 Å². The van der Waals surface area contributed by atoms with E-state index in [0.717, 1.165) is 4.88 Å². The SMILES string of the molecule is CCCN(Cc1nnc(-c2cccs2)o1)S(=O)(=O)c1c(C)noc1C.